The molecule has 24 heavy (non-hydrogen) atoms. The molecule has 1 amide bonds. The Labute approximate surface area is 146 Å². The zero-order chi connectivity index (χ0) is 16.9. The lowest BCUT2D eigenvalue weighted by Crippen LogP contribution is -2.14. The molecular formula is C15H15N5O2S2. The highest BCUT2D eigenvalue weighted by Crippen LogP contribution is 2.30. The minimum absolute atomic E-state index is 0.148. The fourth-order valence-corrected chi connectivity index (χ4v) is 3.46. The van der Waals surface area contributed by atoms with Crippen LogP contribution in [0.25, 0.3) is 11.4 Å². The summed E-state index contributed by atoms with van der Waals surface area (Å²) < 4.78 is 1.87. The zero-order valence-corrected chi connectivity index (χ0v) is 14.5. The van der Waals surface area contributed by atoms with E-state index in [0.717, 1.165) is 0 Å². The summed E-state index contributed by atoms with van der Waals surface area (Å²) in [5.41, 5.74) is 0.617. The highest BCUT2D eigenvalue weighted by molar-refractivity contribution is 7.99. The van der Waals surface area contributed by atoms with E-state index in [-0.39, 0.29) is 17.4 Å². The van der Waals surface area contributed by atoms with Gasteiger partial charge in [-0.1, -0.05) is 23.9 Å². The number of hydrogen-bond acceptors (Lipinski definition) is 7. The van der Waals surface area contributed by atoms with Crippen molar-refractivity contribution in [3.8, 4) is 17.1 Å². The number of carbonyl (C=O) groups is 1. The molecule has 1 aromatic carbocycles. The Kier molecular flexibility index (Phi) is 5.11. The predicted octanol–water partition coefficient (Wildman–Crippen LogP) is 2.86. The summed E-state index contributed by atoms with van der Waals surface area (Å²) in [6.45, 7) is 2.60. The van der Waals surface area contributed by atoms with Crippen LogP contribution in [0.1, 0.15) is 6.92 Å². The molecule has 2 N–H and O–H groups in total. The van der Waals surface area contributed by atoms with Crippen molar-refractivity contribution in [2.24, 2.45) is 0 Å². The Hall–Kier alpha value is -2.39. The summed E-state index contributed by atoms with van der Waals surface area (Å²) in [6.07, 6.45) is 1.64. The summed E-state index contributed by atoms with van der Waals surface area (Å²) in [5.74, 6) is 0.791. The van der Waals surface area contributed by atoms with E-state index in [1.807, 2.05) is 17.6 Å². The molecule has 0 radical (unpaired) electrons. The van der Waals surface area contributed by atoms with E-state index in [1.165, 1.54) is 23.1 Å². The normalized spacial score (nSPS) is 10.7. The first-order valence-corrected chi connectivity index (χ1v) is 9.09. The minimum atomic E-state index is -0.148. The quantitative estimate of drug-likeness (QED) is 0.656. The van der Waals surface area contributed by atoms with E-state index in [9.17, 15) is 9.90 Å². The van der Waals surface area contributed by atoms with Gasteiger partial charge in [0.25, 0.3) is 0 Å². The average Bonchev–Trinajstić information content (AvgIpc) is 3.22. The molecule has 0 aliphatic carbocycles. The lowest BCUT2D eigenvalue weighted by molar-refractivity contribution is -0.113. The maximum absolute atomic E-state index is 12.0. The van der Waals surface area contributed by atoms with Crippen LogP contribution in [-0.2, 0) is 11.3 Å². The summed E-state index contributed by atoms with van der Waals surface area (Å²) >= 11 is 2.67. The number of thioether (sulfide) groups is 1. The van der Waals surface area contributed by atoms with Crippen molar-refractivity contribution in [1.82, 2.24) is 19.7 Å². The topological polar surface area (TPSA) is 92.9 Å². The van der Waals surface area contributed by atoms with Crippen LogP contribution in [0.15, 0.2) is 41.0 Å². The molecular weight excluding hydrogens is 346 g/mol. The number of aromatic nitrogens is 4. The van der Waals surface area contributed by atoms with Crippen molar-refractivity contribution in [1.29, 1.82) is 0 Å². The number of rotatable bonds is 6. The molecule has 9 heteroatoms. The van der Waals surface area contributed by atoms with Crippen LogP contribution in [0.4, 0.5) is 5.13 Å². The van der Waals surface area contributed by atoms with Gasteiger partial charge in [-0.25, -0.2) is 4.98 Å². The van der Waals surface area contributed by atoms with E-state index in [1.54, 1.807) is 29.8 Å². The van der Waals surface area contributed by atoms with Crippen LogP contribution in [0.5, 0.6) is 5.75 Å². The second-order valence-corrected chi connectivity index (χ2v) is 6.58. The number of amides is 1. The number of carbonyl (C=O) groups excluding carboxylic acids is 1. The molecule has 2 aromatic heterocycles. The Balaban J connectivity index is 1.73. The molecule has 3 rings (SSSR count). The van der Waals surface area contributed by atoms with E-state index in [0.29, 0.717) is 28.2 Å². The first-order chi connectivity index (χ1) is 11.7. The van der Waals surface area contributed by atoms with E-state index < -0.39 is 0 Å². The molecule has 7 nitrogen and oxygen atoms in total. The van der Waals surface area contributed by atoms with Gasteiger partial charge in [0.05, 0.1) is 11.3 Å². The fraction of sp³-hybridized carbons (Fsp3) is 0.200. The number of nitrogens with zero attached hydrogens (tertiary/aromatic N) is 4. The number of benzene rings is 1. The molecule has 0 bridgehead atoms. The van der Waals surface area contributed by atoms with E-state index in [4.69, 9.17) is 0 Å². The van der Waals surface area contributed by atoms with Crippen molar-refractivity contribution in [3.05, 3.63) is 35.8 Å². The highest BCUT2D eigenvalue weighted by Gasteiger charge is 2.16. The first kappa shape index (κ1) is 16.5. The van der Waals surface area contributed by atoms with Gasteiger partial charge in [0.2, 0.25) is 5.91 Å². The Morgan fingerprint density at radius 3 is 2.92 bits per heavy atom. The molecule has 0 fully saturated rings. The van der Waals surface area contributed by atoms with Crippen LogP contribution in [0.3, 0.4) is 0 Å². The van der Waals surface area contributed by atoms with Gasteiger partial charge in [-0.15, -0.1) is 21.5 Å². The maximum atomic E-state index is 12.0. The molecule has 0 saturated carbocycles. The lowest BCUT2D eigenvalue weighted by Gasteiger charge is -2.08. The predicted molar refractivity (Wildman–Crippen MR) is 94.3 cm³/mol. The summed E-state index contributed by atoms with van der Waals surface area (Å²) in [5, 5.41) is 24.0. The van der Waals surface area contributed by atoms with Crippen LogP contribution < -0.4 is 5.32 Å². The van der Waals surface area contributed by atoms with Gasteiger partial charge < -0.3 is 15.0 Å². The van der Waals surface area contributed by atoms with Crippen LogP contribution in [0, 0.1) is 0 Å². The van der Waals surface area contributed by atoms with Crippen molar-refractivity contribution in [2.75, 3.05) is 11.1 Å². The number of anilines is 1. The number of thiazole rings is 1. The smallest absolute Gasteiger partial charge is 0.236 e. The van der Waals surface area contributed by atoms with Crippen molar-refractivity contribution in [3.63, 3.8) is 0 Å². The Morgan fingerprint density at radius 2 is 2.21 bits per heavy atom. The highest BCUT2D eigenvalue weighted by atomic mass is 32.2. The van der Waals surface area contributed by atoms with E-state index >= 15 is 0 Å². The van der Waals surface area contributed by atoms with Crippen LogP contribution in [0.2, 0.25) is 0 Å². The van der Waals surface area contributed by atoms with Gasteiger partial charge in [-0.3, -0.25) is 4.79 Å². The molecule has 0 aliphatic rings. The number of para-hydroxylation sites is 1. The van der Waals surface area contributed by atoms with Gasteiger partial charge in [0.1, 0.15) is 5.75 Å². The van der Waals surface area contributed by atoms with Gasteiger partial charge >= 0.3 is 0 Å². The summed E-state index contributed by atoms with van der Waals surface area (Å²) in [7, 11) is 0. The first-order valence-electron chi connectivity index (χ1n) is 7.22. The second-order valence-electron chi connectivity index (χ2n) is 4.74. The van der Waals surface area contributed by atoms with Gasteiger partial charge in [-0.2, -0.15) is 0 Å². The monoisotopic (exact) mass is 361 g/mol. The van der Waals surface area contributed by atoms with Gasteiger partial charge in [0.15, 0.2) is 16.1 Å². The molecule has 0 spiro atoms. The third-order valence-corrected chi connectivity index (χ3v) is 4.84. The maximum Gasteiger partial charge on any atom is 0.236 e. The molecule has 0 atom stereocenters. The van der Waals surface area contributed by atoms with Gasteiger partial charge in [0, 0.05) is 18.1 Å². The Bertz CT molecular complexity index is 832. The standard InChI is InChI=1S/C15H15N5O2S2/c1-2-20-13(10-5-3-4-6-11(10)21)18-19-15(20)24-9-12(22)17-14-16-7-8-23-14/h3-8,21H,2,9H2,1H3,(H,16,17,22). The zero-order valence-electron chi connectivity index (χ0n) is 12.8. The number of phenolic OH excluding ortho intramolecular Hbond substituents is 1. The third-order valence-electron chi connectivity index (χ3n) is 3.19. The minimum Gasteiger partial charge on any atom is -0.507 e. The summed E-state index contributed by atoms with van der Waals surface area (Å²) in [6, 6.07) is 6.98. The summed E-state index contributed by atoms with van der Waals surface area (Å²) in [4.78, 5) is 16.0. The molecule has 0 saturated heterocycles. The molecule has 2 heterocycles. The Morgan fingerprint density at radius 1 is 1.38 bits per heavy atom. The lowest BCUT2D eigenvalue weighted by atomic mass is 10.2. The van der Waals surface area contributed by atoms with Gasteiger partial charge in [-0.05, 0) is 19.1 Å². The molecule has 0 unspecified atom stereocenters. The van der Waals surface area contributed by atoms with Crippen LogP contribution >= 0.6 is 23.1 Å². The van der Waals surface area contributed by atoms with Crippen LogP contribution in [-0.4, -0.2) is 36.5 Å². The van der Waals surface area contributed by atoms with Crippen molar-refractivity contribution >= 4 is 34.1 Å². The number of phenols is 1. The van der Waals surface area contributed by atoms with Crippen molar-refractivity contribution in [2.45, 2.75) is 18.6 Å². The fourth-order valence-electron chi connectivity index (χ4n) is 2.11. The second kappa shape index (κ2) is 7.45. The molecule has 0 aliphatic heterocycles. The van der Waals surface area contributed by atoms with E-state index in [2.05, 4.69) is 20.5 Å². The molecule has 124 valence electrons. The molecule has 3 aromatic rings. The number of nitrogens with one attached hydrogen (secondary N) is 1. The SMILES string of the molecule is CCn1c(SCC(=O)Nc2nccs2)nnc1-c1ccccc1O. The number of hydrogen-bond donors (Lipinski definition) is 2. The van der Waals surface area contributed by atoms with Crippen molar-refractivity contribution < 1.29 is 9.90 Å². The number of aromatic hydroxyl groups is 1. The third kappa shape index (κ3) is 3.57. The largest absolute Gasteiger partial charge is 0.507 e. The average molecular weight is 361 g/mol.